The fourth-order valence-electron chi connectivity index (χ4n) is 4.40. The van der Waals surface area contributed by atoms with Crippen LogP contribution in [0.3, 0.4) is 0 Å². The van der Waals surface area contributed by atoms with E-state index in [-0.39, 0.29) is 24.9 Å². The lowest BCUT2D eigenvalue weighted by molar-refractivity contribution is -0.148. The van der Waals surface area contributed by atoms with Gasteiger partial charge in [-0.05, 0) is 36.3 Å². The van der Waals surface area contributed by atoms with Crippen molar-refractivity contribution in [1.29, 1.82) is 0 Å². The van der Waals surface area contributed by atoms with Crippen molar-refractivity contribution in [1.82, 2.24) is 15.1 Å². The molecule has 1 unspecified atom stereocenters. The third-order valence-electron chi connectivity index (χ3n) is 5.93. The van der Waals surface area contributed by atoms with Gasteiger partial charge in [-0.2, -0.15) is 0 Å². The number of carboxylic acids is 1. The quantitative estimate of drug-likeness (QED) is 0.643. The van der Waals surface area contributed by atoms with E-state index < -0.39 is 30.1 Å². The Labute approximate surface area is 196 Å². The van der Waals surface area contributed by atoms with Crippen molar-refractivity contribution in [2.75, 3.05) is 38.9 Å². The molecule has 2 aromatic carbocycles. The second-order valence-electron chi connectivity index (χ2n) is 8.45. The Hall–Kier alpha value is -3.04. The normalized spacial score (nSPS) is 18.0. The van der Waals surface area contributed by atoms with E-state index in [4.69, 9.17) is 4.74 Å². The molecule has 4 rings (SSSR count). The van der Waals surface area contributed by atoms with Crippen LogP contribution in [0.25, 0.3) is 11.1 Å². The Morgan fingerprint density at radius 3 is 2.30 bits per heavy atom. The molecular formula is C24H27N3O5S. The van der Waals surface area contributed by atoms with Crippen LogP contribution < -0.4 is 5.32 Å². The average molecular weight is 470 g/mol. The minimum absolute atomic E-state index is 0.0856. The Bertz CT molecular complexity index is 1010. The summed E-state index contributed by atoms with van der Waals surface area (Å²) in [5, 5.41) is 12.1. The molecule has 9 heteroatoms. The number of carbonyl (C=O) groups is 3. The van der Waals surface area contributed by atoms with E-state index in [9.17, 15) is 19.5 Å². The maximum absolute atomic E-state index is 13.1. The smallest absolute Gasteiger partial charge is 0.407 e. The van der Waals surface area contributed by atoms with Crippen LogP contribution in [-0.4, -0.2) is 83.8 Å². The Morgan fingerprint density at radius 1 is 1.12 bits per heavy atom. The highest BCUT2D eigenvalue weighted by Crippen LogP contribution is 2.44. The highest BCUT2D eigenvalue weighted by atomic mass is 32.2. The summed E-state index contributed by atoms with van der Waals surface area (Å²) >= 11 is 1.38. The van der Waals surface area contributed by atoms with E-state index in [2.05, 4.69) is 17.4 Å². The third kappa shape index (κ3) is 4.84. The lowest BCUT2D eigenvalue weighted by Crippen LogP contribution is -2.55. The molecule has 1 aliphatic heterocycles. The summed E-state index contributed by atoms with van der Waals surface area (Å²) in [7, 11) is 3.57. The number of fused-ring (bicyclic) bond motifs is 3. The van der Waals surface area contributed by atoms with Gasteiger partial charge in [0, 0.05) is 18.2 Å². The van der Waals surface area contributed by atoms with Crippen molar-refractivity contribution < 1.29 is 24.2 Å². The highest BCUT2D eigenvalue weighted by molar-refractivity contribution is 7.99. The van der Waals surface area contributed by atoms with E-state index in [1.165, 1.54) is 16.7 Å². The van der Waals surface area contributed by atoms with E-state index in [0.29, 0.717) is 5.75 Å². The van der Waals surface area contributed by atoms with Crippen LogP contribution in [0.5, 0.6) is 0 Å². The molecule has 0 saturated carbocycles. The number of alkyl carbamates (subject to hydrolysis) is 1. The van der Waals surface area contributed by atoms with Gasteiger partial charge in [-0.3, -0.25) is 4.79 Å². The van der Waals surface area contributed by atoms with Crippen molar-refractivity contribution in [3.8, 4) is 11.1 Å². The minimum atomic E-state index is -1.04. The summed E-state index contributed by atoms with van der Waals surface area (Å²) in [6.07, 6.45) is -0.698. The molecule has 0 spiro atoms. The topological polar surface area (TPSA) is 99.2 Å². The fourth-order valence-corrected chi connectivity index (χ4v) is 5.55. The molecule has 2 atom stereocenters. The lowest BCUT2D eigenvalue weighted by atomic mass is 9.98. The zero-order chi connectivity index (χ0) is 23.5. The molecule has 2 amide bonds. The molecule has 0 aromatic heterocycles. The van der Waals surface area contributed by atoms with Crippen molar-refractivity contribution >= 4 is 29.7 Å². The number of aliphatic carboxylic acids is 1. The summed E-state index contributed by atoms with van der Waals surface area (Å²) in [6.45, 7) is 0.372. The Kier molecular flexibility index (Phi) is 6.90. The molecule has 0 bridgehead atoms. The van der Waals surface area contributed by atoms with Crippen molar-refractivity contribution in [2.45, 2.75) is 18.0 Å². The first-order valence-electron chi connectivity index (χ1n) is 10.7. The average Bonchev–Trinajstić information content (AvgIpc) is 3.40. The number of ether oxygens (including phenoxy) is 1. The van der Waals surface area contributed by atoms with Gasteiger partial charge in [0.15, 0.2) is 0 Å². The van der Waals surface area contributed by atoms with Crippen LogP contribution in [0, 0.1) is 0 Å². The number of nitrogens with zero attached hydrogens (tertiary/aromatic N) is 2. The van der Waals surface area contributed by atoms with E-state index in [0.717, 1.165) is 22.3 Å². The first-order chi connectivity index (χ1) is 15.9. The molecule has 1 heterocycles. The molecule has 2 N–H and O–H groups in total. The van der Waals surface area contributed by atoms with Gasteiger partial charge in [0.25, 0.3) is 0 Å². The van der Waals surface area contributed by atoms with Crippen LogP contribution in [0.2, 0.25) is 0 Å². The van der Waals surface area contributed by atoms with Crippen molar-refractivity contribution in [3.63, 3.8) is 0 Å². The van der Waals surface area contributed by atoms with Gasteiger partial charge >= 0.3 is 12.1 Å². The maximum atomic E-state index is 13.1. The predicted molar refractivity (Wildman–Crippen MR) is 126 cm³/mol. The number of nitrogens with one attached hydrogen (secondary N) is 1. The predicted octanol–water partition coefficient (Wildman–Crippen LogP) is 2.44. The van der Waals surface area contributed by atoms with Crippen LogP contribution in [0.15, 0.2) is 48.5 Å². The molecule has 2 aliphatic rings. The molecule has 1 fully saturated rings. The molecule has 8 nitrogen and oxygen atoms in total. The maximum Gasteiger partial charge on any atom is 0.407 e. The van der Waals surface area contributed by atoms with Gasteiger partial charge < -0.3 is 25.0 Å². The van der Waals surface area contributed by atoms with Crippen LogP contribution in [-0.2, 0) is 14.3 Å². The zero-order valence-electron chi connectivity index (χ0n) is 18.6. The van der Waals surface area contributed by atoms with Crippen molar-refractivity contribution in [2.24, 2.45) is 0 Å². The minimum Gasteiger partial charge on any atom is -0.480 e. The summed E-state index contributed by atoms with van der Waals surface area (Å²) in [6, 6.07) is 14.3. The van der Waals surface area contributed by atoms with Gasteiger partial charge in [0.1, 0.15) is 18.7 Å². The number of thioether (sulfide) groups is 1. The van der Waals surface area contributed by atoms with Gasteiger partial charge in [0.05, 0.1) is 5.88 Å². The summed E-state index contributed by atoms with van der Waals surface area (Å²) in [5.41, 5.74) is 4.47. The van der Waals surface area contributed by atoms with E-state index in [1.807, 2.05) is 36.4 Å². The SMILES string of the molecule is CN(C)CC(NC(=O)OCC1c2ccccc2-c2ccccc21)C(=O)N1CSC[C@H]1C(=O)O. The second kappa shape index (κ2) is 9.84. The molecule has 2 aromatic rings. The molecule has 174 valence electrons. The van der Waals surface area contributed by atoms with Crippen LogP contribution >= 0.6 is 11.8 Å². The first-order valence-corrected chi connectivity index (χ1v) is 11.9. The van der Waals surface area contributed by atoms with Crippen LogP contribution in [0.4, 0.5) is 4.79 Å². The van der Waals surface area contributed by atoms with Gasteiger partial charge in [-0.25, -0.2) is 9.59 Å². The largest absolute Gasteiger partial charge is 0.480 e. The molecule has 0 radical (unpaired) electrons. The number of rotatable bonds is 7. The van der Waals surface area contributed by atoms with Gasteiger partial charge in [0.2, 0.25) is 5.91 Å². The van der Waals surface area contributed by atoms with Gasteiger partial charge in [-0.1, -0.05) is 48.5 Å². The number of amides is 2. The monoisotopic (exact) mass is 469 g/mol. The zero-order valence-corrected chi connectivity index (χ0v) is 19.4. The van der Waals surface area contributed by atoms with Crippen LogP contribution in [0.1, 0.15) is 17.0 Å². The number of benzene rings is 2. The standard InChI is InChI=1S/C24H27N3O5S/c1-26(2)11-20(22(28)27-14-33-13-21(27)23(29)30)25-24(31)32-12-19-17-9-5-3-7-15(17)16-8-4-6-10-18(16)19/h3-10,19-21H,11-14H2,1-2H3,(H,25,31)(H,29,30)/t20?,21-/m0/s1. The summed E-state index contributed by atoms with van der Waals surface area (Å²) < 4.78 is 5.58. The highest BCUT2D eigenvalue weighted by Gasteiger charge is 2.38. The molecule has 1 aliphatic carbocycles. The third-order valence-corrected chi connectivity index (χ3v) is 6.94. The number of carboxylic acid groups (broad SMARTS) is 1. The number of carbonyl (C=O) groups excluding carboxylic acids is 2. The van der Waals surface area contributed by atoms with E-state index in [1.54, 1.807) is 19.0 Å². The Balaban J connectivity index is 1.44. The number of hydrogen-bond acceptors (Lipinski definition) is 6. The number of hydrogen-bond donors (Lipinski definition) is 2. The summed E-state index contributed by atoms with van der Waals surface area (Å²) in [5.74, 6) is -0.933. The summed E-state index contributed by atoms with van der Waals surface area (Å²) in [4.78, 5) is 40.4. The fraction of sp³-hybridized carbons (Fsp3) is 0.375. The number of likely N-dealkylation sites (N-methyl/N-ethyl adjacent to an activating group) is 1. The Morgan fingerprint density at radius 2 is 1.73 bits per heavy atom. The molecule has 33 heavy (non-hydrogen) atoms. The van der Waals surface area contributed by atoms with Gasteiger partial charge in [-0.15, -0.1) is 11.8 Å². The lowest BCUT2D eigenvalue weighted by Gasteiger charge is -2.28. The molecule has 1 saturated heterocycles. The van der Waals surface area contributed by atoms with E-state index >= 15 is 0 Å². The van der Waals surface area contributed by atoms with Crippen molar-refractivity contribution in [3.05, 3.63) is 59.7 Å². The second-order valence-corrected chi connectivity index (χ2v) is 9.45. The molecular weight excluding hydrogens is 442 g/mol. The first kappa shape index (κ1) is 23.1.